The Kier molecular flexibility index (Phi) is 4.57. The van der Waals surface area contributed by atoms with Crippen LogP contribution in [0.1, 0.15) is 48.5 Å². The summed E-state index contributed by atoms with van der Waals surface area (Å²) in [6, 6.07) is 2.81. The van der Waals surface area contributed by atoms with Gasteiger partial charge in [-0.25, -0.2) is 8.42 Å². The second kappa shape index (κ2) is 5.78. The molecule has 0 unspecified atom stereocenters. The summed E-state index contributed by atoms with van der Waals surface area (Å²) in [4.78, 5) is 12.1. The van der Waals surface area contributed by atoms with E-state index >= 15 is 0 Å². The highest BCUT2D eigenvalue weighted by molar-refractivity contribution is 8.13. The Morgan fingerprint density at radius 1 is 1.38 bits per heavy atom. The van der Waals surface area contributed by atoms with Crippen molar-refractivity contribution in [1.82, 2.24) is 5.32 Å². The summed E-state index contributed by atoms with van der Waals surface area (Å²) in [5.41, 5.74) is 0.600. The minimum atomic E-state index is -3.99. The zero-order chi connectivity index (χ0) is 15.8. The number of carbonyl (C=O) groups excluding carboxylic acids is 1. The van der Waals surface area contributed by atoms with Crippen LogP contribution >= 0.6 is 22.3 Å². The lowest BCUT2D eigenvalue weighted by Gasteiger charge is -2.42. The zero-order valence-electron chi connectivity index (χ0n) is 11.9. The molecule has 0 aliphatic heterocycles. The molecule has 0 bridgehead atoms. The highest BCUT2D eigenvalue weighted by Crippen LogP contribution is 2.35. The summed E-state index contributed by atoms with van der Waals surface area (Å²) in [5.74, 6) is -0.294. The molecule has 1 aromatic carbocycles. The van der Waals surface area contributed by atoms with E-state index in [0.717, 1.165) is 25.7 Å². The fraction of sp³-hybridized carbons (Fsp3) is 0.500. The van der Waals surface area contributed by atoms with Gasteiger partial charge >= 0.3 is 0 Å². The fourth-order valence-electron chi connectivity index (χ4n) is 2.53. The molecule has 0 saturated heterocycles. The number of nitrogens with one attached hydrogen (secondary N) is 1. The summed E-state index contributed by atoms with van der Waals surface area (Å²) in [6.45, 7) is 3.67. The van der Waals surface area contributed by atoms with Crippen LogP contribution in [0, 0.1) is 6.92 Å². The second-order valence-electron chi connectivity index (χ2n) is 5.48. The quantitative estimate of drug-likeness (QED) is 0.844. The molecule has 116 valence electrons. The molecule has 0 spiro atoms. The van der Waals surface area contributed by atoms with E-state index in [1.165, 1.54) is 6.07 Å². The van der Waals surface area contributed by atoms with Crippen LogP contribution in [0.4, 0.5) is 0 Å². The predicted octanol–water partition coefficient (Wildman–Crippen LogP) is 3.64. The van der Waals surface area contributed by atoms with Crippen LogP contribution < -0.4 is 5.32 Å². The van der Waals surface area contributed by atoms with Gasteiger partial charge in [-0.15, -0.1) is 0 Å². The first-order chi connectivity index (χ1) is 9.68. The van der Waals surface area contributed by atoms with Gasteiger partial charge < -0.3 is 5.32 Å². The van der Waals surface area contributed by atoms with Crippen molar-refractivity contribution in [3.05, 3.63) is 28.3 Å². The van der Waals surface area contributed by atoms with Gasteiger partial charge in [0.05, 0.1) is 5.02 Å². The maximum Gasteiger partial charge on any atom is 0.262 e. The molecule has 0 radical (unpaired) electrons. The summed E-state index contributed by atoms with van der Waals surface area (Å²) in [5, 5.41) is 3.05. The molecule has 1 aliphatic carbocycles. The molecular formula is C14H17Cl2NO3S. The average Bonchev–Trinajstić information content (AvgIpc) is 2.35. The molecule has 1 aliphatic rings. The molecule has 1 aromatic rings. The van der Waals surface area contributed by atoms with E-state index in [4.69, 9.17) is 22.3 Å². The first-order valence-corrected chi connectivity index (χ1v) is 9.44. The van der Waals surface area contributed by atoms with Crippen molar-refractivity contribution < 1.29 is 13.2 Å². The van der Waals surface area contributed by atoms with E-state index in [1.807, 2.05) is 6.92 Å². The highest BCUT2D eigenvalue weighted by Gasteiger charge is 2.36. The highest BCUT2D eigenvalue weighted by atomic mass is 35.7. The molecule has 1 N–H and O–H groups in total. The van der Waals surface area contributed by atoms with Crippen molar-refractivity contribution >= 4 is 37.2 Å². The lowest BCUT2D eigenvalue weighted by atomic mass is 9.74. The van der Waals surface area contributed by atoms with Crippen LogP contribution in [0.15, 0.2) is 17.0 Å². The van der Waals surface area contributed by atoms with Crippen LogP contribution in [0.25, 0.3) is 0 Å². The normalized spacial score (nSPS) is 17.1. The SMILES string of the molecule is CCC1(NC(=O)c2cc(C)c(Cl)c(S(=O)(=O)Cl)c2)CCC1. The van der Waals surface area contributed by atoms with E-state index in [0.29, 0.717) is 5.56 Å². The molecule has 4 nitrogen and oxygen atoms in total. The lowest BCUT2D eigenvalue weighted by Crippen LogP contribution is -2.53. The van der Waals surface area contributed by atoms with Gasteiger partial charge in [0.2, 0.25) is 0 Å². The smallest absolute Gasteiger partial charge is 0.262 e. The van der Waals surface area contributed by atoms with Crippen LogP contribution in [0.2, 0.25) is 5.02 Å². The van der Waals surface area contributed by atoms with Crippen molar-refractivity contribution in [2.75, 3.05) is 0 Å². The van der Waals surface area contributed by atoms with Gasteiger partial charge in [0.1, 0.15) is 4.90 Å². The topological polar surface area (TPSA) is 63.2 Å². The molecule has 21 heavy (non-hydrogen) atoms. The molecule has 0 heterocycles. The number of hydrogen-bond donors (Lipinski definition) is 1. The number of halogens is 2. The third kappa shape index (κ3) is 3.35. The first kappa shape index (κ1) is 16.6. The molecule has 1 saturated carbocycles. The van der Waals surface area contributed by atoms with Gasteiger partial charge in [-0.1, -0.05) is 18.5 Å². The molecule has 0 aromatic heterocycles. The van der Waals surface area contributed by atoms with Gasteiger partial charge in [0.25, 0.3) is 15.0 Å². The van der Waals surface area contributed by atoms with Crippen LogP contribution in [0.5, 0.6) is 0 Å². The number of aryl methyl sites for hydroxylation is 1. The minimum absolute atomic E-state index is 0.0513. The third-order valence-electron chi connectivity index (χ3n) is 4.11. The lowest BCUT2D eigenvalue weighted by molar-refractivity contribution is 0.0820. The first-order valence-electron chi connectivity index (χ1n) is 6.76. The third-order valence-corrected chi connectivity index (χ3v) is 6.07. The Bertz CT molecular complexity index is 676. The summed E-state index contributed by atoms with van der Waals surface area (Å²) in [7, 11) is 1.37. The van der Waals surface area contributed by atoms with Crippen LogP contribution in [-0.2, 0) is 9.05 Å². The van der Waals surface area contributed by atoms with Gasteiger partial charge in [0.15, 0.2) is 0 Å². The van der Waals surface area contributed by atoms with E-state index in [1.54, 1.807) is 13.0 Å². The monoisotopic (exact) mass is 349 g/mol. The van der Waals surface area contributed by atoms with Crippen LogP contribution in [-0.4, -0.2) is 19.9 Å². The van der Waals surface area contributed by atoms with Gasteiger partial charge in [-0.2, -0.15) is 0 Å². The molecule has 1 amide bonds. The van der Waals surface area contributed by atoms with Crippen molar-refractivity contribution in [1.29, 1.82) is 0 Å². The van der Waals surface area contributed by atoms with E-state index in [2.05, 4.69) is 5.32 Å². The second-order valence-corrected chi connectivity index (χ2v) is 8.40. The summed E-state index contributed by atoms with van der Waals surface area (Å²) in [6.07, 6.45) is 3.84. The standard InChI is InChI=1S/C14H17Cl2NO3S/c1-3-14(5-4-6-14)17-13(18)10-7-9(2)12(15)11(8-10)21(16,19)20/h7-8H,3-6H2,1-2H3,(H,17,18). The number of amides is 1. The van der Waals surface area contributed by atoms with Gasteiger partial charge in [-0.05, 0) is 50.3 Å². The van der Waals surface area contributed by atoms with Crippen molar-refractivity contribution in [3.63, 3.8) is 0 Å². The Morgan fingerprint density at radius 3 is 2.43 bits per heavy atom. The number of rotatable bonds is 4. The Morgan fingerprint density at radius 2 is 2.00 bits per heavy atom. The molecule has 2 rings (SSSR count). The van der Waals surface area contributed by atoms with E-state index in [-0.39, 0.29) is 26.9 Å². The Hall–Kier alpha value is -0.780. The zero-order valence-corrected chi connectivity index (χ0v) is 14.2. The van der Waals surface area contributed by atoms with Crippen molar-refractivity contribution in [2.24, 2.45) is 0 Å². The average molecular weight is 350 g/mol. The predicted molar refractivity (Wildman–Crippen MR) is 83.6 cm³/mol. The number of hydrogen-bond acceptors (Lipinski definition) is 3. The maximum absolute atomic E-state index is 12.4. The van der Waals surface area contributed by atoms with E-state index in [9.17, 15) is 13.2 Å². The minimum Gasteiger partial charge on any atom is -0.347 e. The molecule has 7 heteroatoms. The molecule has 1 fully saturated rings. The number of benzene rings is 1. The Labute approximate surface area is 134 Å². The van der Waals surface area contributed by atoms with Gasteiger partial charge in [0, 0.05) is 21.8 Å². The van der Waals surface area contributed by atoms with Crippen molar-refractivity contribution in [3.8, 4) is 0 Å². The van der Waals surface area contributed by atoms with Crippen molar-refractivity contribution in [2.45, 2.75) is 50.0 Å². The largest absolute Gasteiger partial charge is 0.347 e. The fourth-order valence-corrected chi connectivity index (χ4v) is 4.07. The Balaban J connectivity index is 2.36. The summed E-state index contributed by atoms with van der Waals surface area (Å²) >= 11 is 5.96. The van der Waals surface area contributed by atoms with Crippen LogP contribution in [0.3, 0.4) is 0 Å². The molecular weight excluding hydrogens is 333 g/mol. The number of carbonyl (C=O) groups is 1. The maximum atomic E-state index is 12.4. The van der Waals surface area contributed by atoms with E-state index < -0.39 is 9.05 Å². The molecule has 0 atom stereocenters. The summed E-state index contributed by atoms with van der Waals surface area (Å²) < 4.78 is 23.1. The van der Waals surface area contributed by atoms with Gasteiger partial charge in [-0.3, -0.25) is 4.79 Å².